The fourth-order valence-electron chi connectivity index (χ4n) is 2.85. The molecule has 22 heavy (non-hydrogen) atoms. The van der Waals surface area contributed by atoms with Gasteiger partial charge in [0, 0.05) is 16.5 Å². The standard InChI is InChI=1S/C21H16O/c1-15-11-13-17(14-12-15)21-20(16-7-3-2-4-8-16)18-9-5-6-10-19(18)22-21/h2-14H,1H3. The van der Waals surface area contributed by atoms with E-state index in [9.17, 15) is 0 Å². The van der Waals surface area contributed by atoms with E-state index in [1.807, 2.05) is 18.2 Å². The summed E-state index contributed by atoms with van der Waals surface area (Å²) < 4.78 is 6.18. The van der Waals surface area contributed by atoms with Crippen LogP contribution in [0.25, 0.3) is 33.4 Å². The third-order valence-electron chi connectivity index (χ3n) is 3.97. The van der Waals surface area contributed by atoms with Gasteiger partial charge >= 0.3 is 0 Å². The molecular formula is C21H16O. The zero-order valence-electron chi connectivity index (χ0n) is 12.4. The largest absolute Gasteiger partial charge is 0.455 e. The molecule has 0 spiro atoms. The van der Waals surface area contributed by atoms with E-state index in [4.69, 9.17) is 4.42 Å². The van der Waals surface area contributed by atoms with Gasteiger partial charge in [0.2, 0.25) is 0 Å². The van der Waals surface area contributed by atoms with E-state index < -0.39 is 0 Å². The Kier molecular flexibility index (Phi) is 3.05. The quantitative estimate of drug-likeness (QED) is 0.435. The molecule has 0 aliphatic rings. The number of para-hydroxylation sites is 1. The van der Waals surface area contributed by atoms with Gasteiger partial charge in [-0.2, -0.15) is 0 Å². The summed E-state index contributed by atoms with van der Waals surface area (Å²) in [6.45, 7) is 2.10. The van der Waals surface area contributed by atoms with E-state index >= 15 is 0 Å². The third-order valence-corrected chi connectivity index (χ3v) is 3.97. The molecule has 0 aliphatic carbocycles. The van der Waals surface area contributed by atoms with Crippen molar-refractivity contribution in [2.24, 2.45) is 0 Å². The van der Waals surface area contributed by atoms with Crippen LogP contribution in [0.2, 0.25) is 0 Å². The van der Waals surface area contributed by atoms with Crippen molar-refractivity contribution in [2.45, 2.75) is 6.92 Å². The molecule has 0 fully saturated rings. The highest BCUT2D eigenvalue weighted by Crippen LogP contribution is 2.40. The second kappa shape index (κ2) is 5.19. The lowest BCUT2D eigenvalue weighted by Crippen LogP contribution is -1.81. The van der Waals surface area contributed by atoms with Crippen molar-refractivity contribution in [1.29, 1.82) is 0 Å². The molecule has 0 atom stereocenters. The molecule has 0 bridgehead atoms. The van der Waals surface area contributed by atoms with Gasteiger partial charge in [-0.25, -0.2) is 0 Å². The fraction of sp³-hybridized carbons (Fsp3) is 0.0476. The number of benzene rings is 3. The van der Waals surface area contributed by atoms with Crippen LogP contribution in [-0.4, -0.2) is 0 Å². The van der Waals surface area contributed by atoms with Crippen LogP contribution in [0.5, 0.6) is 0 Å². The Hall–Kier alpha value is -2.80. The Balaban J connectivity index is 2.04. The first kappa shape index (κ1) is 12.9. The molecule has 0 saturated heterocycles. The van der Waals surface area contributed by atoms with Crippen molar-refractivity contribution >= 4 is 11.0 Å². The Bertz CT molecular complexity index is 915. The summed E-state index contributed by atoms with van der Waals surface area (Å²) in [5.74, 6) is 0.937. The zero-order valence-corrected chi connectivity index (χ0v) is 12.4. The summed E-state index contributed by atoms with van der Waals surface area (Å²) in [5, 5.41) is 1.16. The van der Waals surface area contributed by atoms with Crippen LogP contribution in [0, 0.1) is 6.92 Å². The maximum Gasteiger partial charge on any atom is 0.143 e. The molecule has 4 rings (SSSR count). The zero-order chi connectivity index (χ0) is 14.9. The van der Waals surface area contributed by atoms with E-state index in [1.54, 1.807) is 0 Å². The molecule has 1 heteroatoms. The maximum atomic E-state index is 6.18. The fourth-order valence-corrected chi connectivity index (χ4v) is 2.85. The molecule has 1 nitrogen and oxygen atoms in total. The van der Waals surface area contributed by atoms with Crippen LogP contribution >= 0.6 is 0 Å². The minimum atomic E-state index is 0.928. The van der Waals surface area contributed by atoms with Crippen molar-refractivity contribution in [3.8, 4) is 22.5 Å². The maximum absolute atomic E-state index is 6.18. The number of rotatable bonds is 2. The van der Waals surface area contributed by atoms with E-state index in [-0.39, 0.29) is 0 Å². The summed E-state index contributed by atoms with van der Waals surface area (Å²) in [5.41, 5.74) is 5.64. The van der Waals surface area contributed by atoms with Gasteiger partial charge in [0.15, 0.2) is 0 Å². The SMILES string of the molecule is Cc1ccc(-c2oc3ccccc3c2-c2ccccc2)cc1. The van der Waals surface area contributed by atoms with Crippen LogP contribution in [-0.2, 0) is 0 Å². The first-order chi connectivity index (χ1) is 10.8. The minimum absolute atomic E-state index is 0.928. The molecule has 3 aromatic carbocycles. The lowest BCUT2D eigenvalue weighted by molar-refractivity contribution is 0.632. The van der Waals surface area contributed by atoms with Gasteiger partial charge in [-0.05, 0) is 18.6 Å². The van der Waals surface area contributed by atoms with Gasteiger partial charge in [-0.15, -0.1) is 0 Å². The van der Waals surface area contributed by atoms with E-state index in [0.717, 1.165) is 22.3 Å². The molecule has 0 aliphatic heterocycles. The summed E-state index contributed by atoms with van der Waals surface area (Å²) in [6, 6.07) is 27.2. The lowest BCUT2D eigenvalue weighted by Gasteiger charge is -2.04. The molecule has 0 unspecified atom stereocenters. The second-order valence-corrected chi connectivity index (χ2v) is 5.53. The van der Waals surface area contributed by atoms with E-state index in [1.165, 1.54) is 16.7 Å². The van der Waals surface area contributed by atoms with E-state index in [0.29, 0.717) is 0 Å². The number of aryl methyl sites for hydroxylation is 1. The van der Waals surface area contributed by atoms with Crippen molar-refractivity contribution in [3.63, 3.8) is 0 Å². The molecule has 0 radical (unpaired) electrons. The van der Waals surface area contributed by atoms with Crippen molar-refractivity contribution in [2.75, 3.05) is 0 Å². The van der Waals surface area contributed by atoms with E-state index in [2.05, 4.69) is 67.6 Å². The molecule has 1 heterocycles. The highest BCUT2D eigenvalue weighted by atomic mass is 16.3. The molecule has 0 N–H and O–H groups in total. The molecule has 0 saturated carbocycles. The minimum Gasteiger partial charge on any atom is -0.455 e. The van der Waals surface area contributed by atoms with Crippen LogP contribution in [0.4, 0.5) is 0 Å². The number of fused-ring (bicyclic) bond motifs is 1. The number of hydrogen-bond donors (Lipinski definition) is 0. The molecular weight excluding hydrogens is 268 g/mol. The summed E-state index contributed by atoms with van der Waals surface area (Å²) in [4.78, 5) is 0. The lowest BCUT2D eigenvalue weighted by atomic mass is 9.98. The van der Waals surface area contributed by atoms with Crippen molar-refractivity contribution in [3.05, 3.63) is 84.4 Å². The van der Waals surface area contributed by atoms with Gasteiger partial charge < -0.3 is 4.42 Å². The topological polar surface area (TPSA) is 13.1 Å². The Morgan fingerprint density at radius 1 is 0.636 bits per heavy atom. The summed E-state index contributed by atoms with van der Waals surface area (Å²) >= 11 is 0. The molecule has 1 aromatic heterocycles. The number of furan rings is 1. The van der Waals surface area contributed by atoms with Gasteiger partial charge in [0.05, 0.1) is 0 Å². The Morgan fingerprint density at radius 2 is 1.32 bits per heavy atom. The molecule has 0 amide bonds. The van der Waals surface area contributed by atoms with Gasteiger partial charge in [0.25, 0.3) is 0 Å². The molecule has 4 aromatic rings. The predicted octanol–water partition coefficient (Wildman–Crippen LogP) is 6.08. The summed E-state index contributed by atoms with van der Waals surface area (Å²) in [7, 11) is 0. The highest BCUT2D eigenvalue weighted by molar-refractivity contribution is 6.01. The van der Waals surface area contributed by atoms with Gasteiger partial charge in [-0.1, -0.05) is 78.4 Å². The van der Waals surface area contributed by atoms with Gasteiger partial charge in [0.1, 0.15) is 11.3 Å². The second-order valence-electron chi connectivity index (χ2n) is 5.53. The first-order valence-electron chi connectivity index (χ1n) is 7.47. The Labute approximate surface area is 129 Å². The van der Waals surface area contributed by atoms with Crippen molar-refractivity contribution < 1.29 is 4.42 Å². The monoisotopic (exact) mass is 284 g/mol. The van der Waals surface area contributed by atoms with Crippen molar-refractivity contribution in [1.82, 2.24) is 0 Å². The smallest absolute Gasteiger partial charge is 0.143 e. The number of hydrogen-bond acceptors (Lipinski definition) is 1. The van der Waals surface area contributed by atoms with Crippen LogP contribution in [0.15, 0.2) is 83.3 Å². The average molecular weight is 284 g/mol. The average Bonchev–Trinajstić information content (AvgIpc) is 2.96. The third kappa shape index (κ3) is 2.11. The summed E-state index contributed by atoms with van der Waals surface area (Å²) in [6.07, 6.45) is 0. The van der Waals surface area contributed by atoms with Crippen LogP contribution in [0.1, 0.15) is 5.56 Å². The highest BCUT2D eigenvalue weighted by Gasteiger charge is 2.16. The predicted molar refractivity (Wildman–Crippen MR) is 91.8 cm³/mol. The van der Waals surface area contributed by atoms with Crippen LogP contribution < -0.4 is 0 Å². The first-order valence-corrected chi connectivity index (χ1v) is 7.47. The molecule has 106 valence electrons. The Morgan fingerprint density at radius 3 is 2.09 bits per heavy atom. The van der Waals surface area contributed by atoms with Gasteiger partial charge in [-0.3, -0.25) is 0 Å². The van der Waals surface area contributed by atoms with Crippen LogP contribution in [0.3, 0.4) is 0 Å². The normalized spacial score (nSPS) is 11.0.